The van der Waals surface area contributed by atoms with Crippen LogP contribution in [0.5, 0.6) is 0 Å². The molecule has 1 saturated carbocycles. The fourth-order valence-corrected chi connectivity index (χ4v) is 5.07. The average Bonchev–Trinajstić information content (AvgIpc) is 3.38. The molecule has 1 unspecified atom stereocenters. The zero-order valence-electron chi connectivity index (χ0n) is 21.7. The highest BCUT2D eigenvalue weighted by Gasteiger charge is 2.23. The first-order valence-electron chi connectivity index (χ1n) is 13.3. The van der Waals surface area contributed by atoms with Crippen LogP contribution in [0.15, 0.2) is 47.8 Å². The molecule has 192 valence electrons. The first kappa shape index (κ1) is 24.5. The third-order valence-electron chi connectivity index (χ3n) is 7.87. The lowest BCUT2D eigenvalue weighted by molar-refractivity contribution is 0.280. The molecule has 1 aliphatic heterocycles. The van der Waals surface area contributed by atoms with E-state index in [9.17, 15) is 4.79 Å². The molecule has 2 aliphatic rings. The van der Waals surface area contributed by atoms with Crippen molar-refractivity contribution in [1.82, 2.24) is 29.9 Å². The van der Waals surface area contributed by atoms with E-state index in [1.165, 1.54) is 25.7 Å². The Balaban J connectivity index is 1.27. The van der Waals surface area contributed by atoms with Crippen molar-refractivity contribution in [3.05, 3.63) is 53.3 Å². The normalized spacial score (nSPS) is 19.2. The van der Waals surface area contributed by atoms with Crippen LogP contribution in [-0.4, -0.2) is 63.8 Å². The number of pyridine rings is 2. The van der Waals surface area contributed by atoms with E-state index in [2.05, 4.69) is 49.5 Å². The van der Waals surface area contributed by atoms with Crippen molar-refractivity contribution >= 4 is 11.4 Å². The highest BCUT2D eigenvalue weighted by atomic mass is 16.1. The number of aromatic nitrogens is 5. The highest BCUT2D eigenvalue weighted by Crippen LogP contribution is 2.26. The minimum Gasteiger partial charge on any atom is -0.374 e. The van der Waals surface area contributed by atoms with E-state index in [0.717, 1.165) is 61.1 Å². The molecule has 5 rings (SSSR count). The Bertz CT molecular complexity index is 1220. The van der Waals surface area contributed by atoms with Crippen LogP contribution in [0, 0.1) is 5.92 Å². The van der Waals surface area contributed by atoms with Gasteiger partial charge >= 0.3 is 0 Å². The number of piperidine rings is 1. The minimum atomic E-state index is -0.291. The number of hydrogen-bond donors (Lipinski definition) is 1. The first-order valence-corrected chi connectivity index (χ1v) is 13.3. The minimum absolute atomic E-state index is 0.0326. The molecule has 0 spiro atoms. The second-order valence-corrected chi connectivity index (χ2v) is 10.3. The van der Waals surface area contributed by atoms with Gasteiger partial charge in [0, 0.05) is 62.4 Å². The van der Waals surface area contributed by atoms with E-state index in [1.807, 2.05) is 32.6 Å². The summed E-state index contributed by atoms with van der Waals surface area (Å²) < 4.78 is 3.44. The Morgan fingerprint density at radius 3 is 2.81 bits per heavy atom. The van der Waals surface area contributed by atoms with Crippen molar-refractivity contribution in [2.75, 3.05) is 43.0 Å². The summed E-state index contributed by atoms with van der Waals surface area (Å²) >= 11 is 0. The summed E-state index contributed by atoms with van der Waals surface area (Å²) in [7, 11) is 2.03. The van der Waals surface area contributed by atoms with Crippen LogP contribution in [-0.2, 0) is 0 Å². The maximum atomic E-state index is 13.1. The van der Waals surface area contributed by atoms with Crippen LogP contribution < -0.4 is 20.7 Å². The lowest BCUT2D eigenvalue weighted by atomic mass is 9.85. The summed E-state index contributed by atoms with van der Waals surface area (Å²) in [6.07, 6.45) is 13.6. The van der Waals surface area contributed by atoms with Crippen LogP contribution in [0.25, 0.3) is 11.3 Å². The third-order valence-corrected chi connectivity index (χ3v) is 7.87. The van der Waals surface area contributed by atoms with E-state index < -0.39 is 0 Å². The fourth-order valence-electron chi connectivity index (χ4n) is 5.07. The van der Waals surface area contributed by atoms with Crippen LogP contribution in [0.3, 0.4) is 0 Å². The Hall–Kier alpha value is -3.20. The highest BCUT2D eigenvalue weighted by molar-refractivity contribution is 5.62. The number of hydrogen-bond acceptors (Lipinski definition) is 7. The molecule has 0 radical (unpaired) electrons. The number of rotatable bonds is 9. The van der Waals surface area contributed by atoms with Crippen LogP contribution in [0.1, 0.15) is 52.1 Å². The van der Waals surface area contributed by atoms with Crippen LogP contribution in [0.4, 0.5) is 11.4 Å². The van der Waals surface area contributed by atoms with Gasteiger partial charge in [-0.25, -0.2) is 4.68 Å². The predicted octanol–water partition coefficient (Wildman–Crippen LogP) is 3.38. The van der Waals surface area contributed by atoms with Crippen molar-refractivity contribution in [1.29, 1.82) is 0 Å². The van der Waals surface area contributed by atoms with E-state index in [0.29, 0.717) is 6.04 Å². The van der Waals surface area contributed by atoms with Crippen molar-refractivity contribution in [3.63, 3.8) is 0 Å². The van der Waals surface area contributed by atoms with Crippen LogP contribution >= 0.6 is 0 Å². The zero-order valence-corrected chi connectivity index (χ0v) is 21.7. The summed E-state index contributed by atoms with van der Waals surface area (Å²) in [4.78, 5) is 21.9. The predicted molar refractivity (Wildman–Crippen MR) is 144 cm³/mol. The maximum Gasteiger partial charge on any atom is 0.254 e. The largest absolute Gasteiger partial charge is 0.374 e. The summed E-state index contributed by atoms with van der Waals surface area (Å²) in [5.41, 5.74) is 3.64. The Labute approximate surface area is 213 Å². The molecular weight excluding hydrogens is 452 g/mol. The van der Waals surface area contributed by atoms with E-state index in [-0.39, 0.29) is 11.7 Å². The molecule has 0 amide bonds. The molecule has 0 bridgehead atoms. The molecule has 1 saturated heterocycles. The molecule has 9 nitrogen and oxygen atoms in total. The van der Waals surface area contributed by atoms with Crippen molar-refractivity contribution < 1.29 is 0 Å². The first-order chi connectivity index (χ1) is 17.5. The van der Waals surface area contributed by atoms with Gasteiger partial charge in [0.15, 0.2) is 0 Å². The quantitative estimate of drug-likeness (QED) is 0.492. The Morgan fingerprint density at radius 1 is 1.19 bits per heavy atom. The Kier molecular flexibility index (Phi) is 7.36. The zero-order chi connectivity index (χ0) is 25.1. The summed E-state index contributed by atoms with van der Waals surface area (Å²) in [6.45, 7) is 8.03. The van der Waals surface area contributed by atoms with Gasteiger partial charge < -0.3 is 15.1 Å². The van der Waals surface area contributed by atoms with Gasteiger partial charge in [-0.1, -0.05) is 11.6 Å². The molecule has 3 aromatic rings. The Morgan fingerprint density at radius 2 is 2.06 bits per heavy atom. The lowest BCUT2D eigenvalue weighted by Crippen LogP contribution is -2.47. The third kappa shape index (κ3) is 5.31. The van der Waals surface area contributed by atoms with Crippen molar-refractivity contribution in [2.45, 2.75) is 58.2 Å². The SMILES string of the molecule is CCN(C)c1cncc(-c2cn(C(C)n3ccc(N4CCC[C@@H](NCC5CCC5)C4)cc3=O)nn2)c1. The molecule has 36 heavy (non-hydrogen) atoms. The second kappa shape index (κ2) is 10.8. The molecule has 9 heteroatoms. The van der Waals surface area contributed by atoms with Gasteiger partial charge in [0.05, 0.1) is 18.1 Å². The van der Waals surface area contributed by atoms with Gasteiger partial charge in [-0.05, 0) is 64.1 Å². The van der Waals surface area contributed by atoms with Crippen molar-refractivity contribution in [2.24, 2.45) is 5.92 Å². The maximum absolute atomic E-state index is 13.1. The van der Waals surface area contributed by atoms with Gasteiger partial charge in [-0.15, -0.1) is 5.10 Å². The molecule has 2 atom stereocenters. The smallest absolute Gasteiger partial charge is 0.254 e. The van der Waals surface area contributed by atoms with E-state index >= 15 is 0 Å². The molecule has 4 heterocycles. The second-order valence-electron chi connectivity index (χ2n) is 10.3. The van der Waals surface area contributed by atoms with E-state index in [1.54, 1.807) is 21.5 Å². The van der Waals surface area contributed by atoms with Gasteiger partial charge in [-0.3, -0.25) is 14.3 Å². The molecule has 0 aromatic carbocycles. The number of nitrogens with one attached hydrogen (secondary N) is 1. The van der Waals surface area contributed by atoms with Gasteiger partial charge in [-0.2, -0.15) is 0 Å². The fraction of sp³-hybridized carbons (Fsp3) is 0.556. The van der Waals surface area contributed by atoms with Crippen molar-refractivity contribution in [3.8, 4) is 11.3 Å². The molecule has 1 N–H and O–H groups in total. The molecule has 2 fully saturated rings. The van der Waals surface area contributed by atoms with Gasteiger partial charge in [0.2, 0.25) is 0 Å². The standard InChI is InChI=1S/C27H38N8O/c1-4-32(3)25-13-22(16-28-17-25)26-19-35(31-30-26)20(2)34-12-10-24(14-27(34)36)33-11-6-9-23(18-33)29-15-21-7-5-8-21/h10,12-14,16-17,19-21,23,29H,4-9,11,15,18H2,1-3H3/t20?,23-/m1/s1. The summed E-state index contributed by atoms with van der Waals surface area (Å²) in [5, 5.41) is 12.4. The molecule has 1 aliphatic carbocycles. The number of nitrogens with zero attached hydrogens (tertiary/aromatic N) is 7. The summed E-state index contributed by atoms with van der Waals surface area (Å²) in [6, 6.07) is 6.37. The molecular formula is C27H38N8O. The molecule has 3 aromatic heterocycles. The van der Waals surface area contributed by atoms with Gasteiger partial charge in [0.25, 0.3) is 5.56 Å². The topological polar surface area (TPSA) is 84.1 Å². The average molecular weight is 491 g/mol. The van der Waals surface area contributed by atoms with Crippen LogP contribution in [0.2, 0.25) is 0 Å². The van der Waals surface area contributed by atoms with E-state index in [4.69, 9.17) is 0 Å². The lowest BCUT2D eigenvalue weighted by Gasteiger charge is -2.36. The summed E-state index contributed by atoms with van der Waals surface area (Å²) in [5.74, 6) is 0.862. The van der Waals surface area contributed by atoms with Gasteiger partial charge in [0.1, 0.15) is 11.9 Å². The monoisotopic (exact) mass is 490 g/mol. The number of anilines is 2.